The van der Waals surface area contributed by atoms with Crippen molar-refractivity contribution < 1.29 is 0 Å². The van der Waals surface area contributed by atoms with Crippen LogP contribution >= 0.6 is 27.5 Å². The molecule has 0 aliphatic rings. The number of halogens is 2. The lowest BCUT2D eigenvalue weighted by Gasteiger charge is -2.13. The van der Waals surface area contributed by atoms with E-state index in [1.165, 1.54) is 4.57 Å². The molecule has 0 radical (unpaired) electrons. The van der Waals surface area contributed by atoms with Gasteiger partial charge < -0.3 is 0 Å². The molecule has 0 bridgehead atoms. The number of hydrogen-bond donors (Lipinski definition) is 0. The maximum Gasteiger partial charge on any atom is 0.331 e. The SMILES string of the molecule is CCn1c(=O)c2cc(Br)ccc2n(Cc2ccc(Cl)cc2)c1=O. The Kier molecular flexibility index (Phi) is 4.41. The van der Waals surface area contributed by atoms with Crippen molar-refractivity contribution in [2.45, 2.75) is 20.0 Å². The highest BCUT2D eigenvalue weighted by molar-refractivity contribution is 9.10. The van der Waals surface area contributed by atoms with Gasteiger partial charge >= 0.3 is 5.69 Å². The minimum absolute atomic E-state index is 0.263. The van der Waals surface area contributed by atoms with Crippen LogP contribution in [0.1, 0.15) is 12.5 Å². The van der Waals surface area contributed by atoms with E-state index in [0.29, 0.717) is 29.0 Å². The highest BCUT2D eigenvalue weighted by Crippen LogP contribution is 2.17. The second-order valence-electron chi connectivity index (χ2n) is 5.21. The normalized spacial score (nSPS) is 11.1. The molecule has 0 N–H and O–H groups in total. The molecule has 0 atom stereocenters. The Morgan fingerprint density at radius 1 is 1.04 bits per heavy atom. The van der Waals surface area contributed by atoms with Gasteiger partial charge in [-0.05, 0) is 42.8 Å². The quantitative estimate of drug-likeness (QED) is 0.682. The lowest BCUT2D eigenvalue weighted by molar-refractivity contribution is 0.619. The van der Waals surface area contributed by atoms with E-state index in [2.05, 4.69) is 15.9 Å². The van der Waals surface area contributed by atoms with Gasteiger partial charge in [0.25, 0.3) is 5.56 Å². The molecule has 1 aromatic heterocycles. The summed E-state index contributed by atoms with van der Waals surface area (Å²) in [5, 5.41) is 1.17. The molecule has 1 heterocycles. The van der Waals surface area contributed by atoms with Gasteiger partial charge in [0.2, 0.25) is 0 Å². The zero-order valence-electron chi connectivity index (χ0n) is 12.4. The number of benzene rings is 2. The lowest BCUT2D eigenvalue weighted by atomic mass is 10.2. The van der Waals surface area contributed by atoms with Crippen molar-refractivity contribution in [2.24, 2.45) is 0 Å². The van der Waals surface area contributed by atoms with Gasteiger partial charge in [0.15, 0.2) is 0 Å². The average molecular weight is 394 g/mol. The monoisotopic (exact) mass is 392 g/mol. The summed E-state index contributed by atoms with van der Waals surface area (Å²) in [5.74, 6) is 0. The van der Waals surface area contributed by atoms with Gasteiger partial charge in [-0.1, -0.05) is 39.7 Å². The first kappa shape index (κ1) is 16.0. The van der Waals surface area contributed by atoms with Gasteiger partial charge in [0.1, 0.15) is 0 Å². The van der Waals surface area contributed by atoms with E-state index in [4.69, 9.17) is 11.6 Å². The highest BCUT2D eigenvalue weighted by atomic mass is 79.9. The Bertz CT molecular complexity index is 990. The Hall–Kier alpha value is -1.85. The van der Waals surface area contributed by atoms with Crippen LogP contribution in [0.15, 0.2) is 56.5 Å². The predicted octanol–water partition coefficient (Wildman–Crippen LogP) is 3.65. The van der Waals surface area contributed by atoms with Crippen LogP contribution in [0.5, 0.6) is 0 Å². The number of aromatic nitrogens is 2. The molecule has 23 heavy (non-hydrogen) atoms. The van der Waals surface area contributed by atoms with Crippen molar-refractivity contribution in [3.05, 3.63) is 78.4 Å². The first-order chi connectivity index (χ1) is 11.0. The van der Waals surface area contributed by atoms with Gasteiger partial charge in [0, 0.05) is 16.0 Å². The fraction of sp³-hybridized carbons (Fsp3) is 0.176. The largest absolute Gasteiger partial charge is 0.331 e. The molecular weight excluding hydrogens is 380 g/mol. The Labute approximate surface area is 146 Å². The summed E-state index contributed by atoms with van der Waals surface area (Å²) in [7, 11) is 0. The third-order valence-corrected chi connectivity index (χ3v) is 4.50. The van der Waals surface area contributed by atoms with E-state index >= 15 is 0 Å². The first-order valence-electron chi connectivity index (χ1n) is 7.18. The van der Waals surface area contributed by atoms with Crippen LogP contribution in [0.4, 0.5) is 0 Å². The van der Waals surface area contributed by atoms with Crippen molar-refractivity contribution in [3.8, 4) is 0 Å². The van der Waals surface area contributed by atoms with Crippen LogP contribution in [0.3, 0.4) is 0 Å². The fourth-order valence-corrected chi connectivity index (χ4v) is 3.09. The summed E-state index contributed by atoms with van der Waals surface area (Å²) < 4.78 is 3.68. The molecular formula is C17H14BrClN2O2. The molecule has 0 saturated heterocycles. The molecule has 0 unspecified atom stereocenters. The highest BCUT2D eigenvalue weighted by Gasteiger charge is 2.12. The van der Waals surface area contributed by atoms with Gasteiger partial charge in [0.05, 0.1) is 17.4 Å². The van der Waals surface area contributed by atoms with Gasteiger partial charge in [-0.2, -0.15) is 0 Å². The minimum atomic E-state index is -0.303. The van der Waals surface area contributed by atoms with E-state index in [1.54, 1.807) is 35.8 Å². The molecule has 0 amide bonds. The number of rotatable bonds is 3. The molecule has 4 nitrogen and oxygen atoms in total. The van der Waals surface area contributed by atoms with Crippen LogP contribution in [0.25, 0.3) is 10.9 Å². The summed E-state index contributed by atoms with van der Waals surface area (Å²) in [6, 6.07) is 12.7. The summed E-state index contributed by atoms with van der Waals surface area (Å²) in [6.07, 6.45) is 0. The number of nitrogens with zero attached hydrogens (tertiary/aromatic N) is 2. The minimum Gasteiger partial charge on any atom is -0.289 e. The van der Waals surface area contributed by atoms with Crippen molar-refractivity contribution in [1.82, 2.24) is 9.13 Å². The van der Waals surface area contributed by atoms with Crippen LogP contribution in [0, 0.1) is 0 Å². The molecule has 0 aliphatic carbocycles. The maximum absolute atomic E-state index is 12.7. The third-order valence-electron chi connectivity index (χ3n) is 3.76. The summed E-state index contributed by atoms with van der Waals surface area (Å²) >= 11 is 9.29. The first-order valence-corrected chi connectivity index (χ1v) is 8.35. The van der Waals surface area contributed by atoms with Gasteiger partial charge in [-0.3, -0.25) is 13.9 Å². The van der Waals surface area contributed by atoms with Crippen molar-refractivity contribution >= 4 is 38.4 Å². The van der Waals surface area contributed by atoms with E-state index in [9.17, 15) is 9.59 Å². The second kappa shape index (κ2) is 6.34. The van der Waals surface area contributed by atoms with Crippen LogP contribution < -0.4 is 11.2 Å². The maximum atomic E-state index is 12.7. The number of fused-ring (bicyclic) bond motifs is 1. The second-order valence-corrected chi connectivity index (χ2v) is 6.56. The van der Waals surface area contributed by atoms with E-state index in [1.807, 2.05) is 18.2 Å². The zero-order chi connectivity index (χ0) is 16.6. The standard InChI is InChI=1S/C17H14BrClN2O2/c1-2-20-16(22)14-9-12(18)5-8-15(14)21(17(20)23)10-11-3-6-13(19)7-4-11/h3-9H,2,10H2,1H3. The molecule has 2 aromatic carbocycles. The van der Waals surface area contributed by atoms with E-state index in [0.717, 1.165) is 10.0 Å². The summed E-state index contributed by atoms with van der Waals surface area (Å²) in [6.45, 7) is 2.51. The Morgan fingerprint density at radius 2 is 1.74 bits per heavy atom. The number of hydrogen-bond acceptors (Lipinski definition) is 2. The summed E-state index contributed by atoms with van der Waals surface area (Å²) in [4.78, 5) is 25.2. The van der Waals surface area contributed by atoms with Crippen molar-refractivity contribution in [2.75, 3.05) is 0 Å². The molecule has 0 saturated carbocycles. The third kappa shape index (κ3) is 2.99. The van der Waals surface area contributed by atoms with E-state index < -0.39 is 0 Å². The Balaban J connectivity index is 2.28. The summed E-state index contributed by atoms with van der Waals surface area (Å²) in [5.41, 5.74) is 1.01. The van der Waals surface area contributed by atoms with Gasteiger partial charge in [-0.25, -0.2) is 4.79 Å². The van der Waals surface area contributed by atoms with Gasteiger partial charge in [-0.15, -0.1) is 0 Å². The zero-order valence-corrected chi connectivity index (χ0v) is 14.8. The molecule has 6 heteroatoms. The predicted molar refractivity (Wildman–Crippen MR) is 96.4 cm³/mol. The molecule has 3 aromatic rings. The molecule has 0 fully saturated rings. The van der Waals surface area contributed by atoms with Crippen LogP contribution in [-0.4, -0.2) is 9.13 Å². The van der Waals surface area contributed by atoms with Crippen LogP contribution in [0.2, 0.25) is 5.02 Å². The molecule has 118 valence electrons. The van der Waals surface area contributed by atoms with Crippen LogP contribution in [-0.2, 0) is 13.1 Å². The van der Waals surface area contributed by atoms with Crippen molar-refractivity contribution in [1.29, 1.82) is 0 Å². The average Bonchev–Trinajstić information content (AvgIpc) is 2.54. The molecule has 0 aliphatic heterocycles. The van der Waals surface area contributed by atoms with Crippen molar-refractivity contribution in [3.63, 3.8) is 0 Å². The van der Waals surface area contributed by atoms with E-state index in [-0.39, 0.29) is 11.2 Å². The Morgan fingerprint density at radius 3 is 2.39 bits per heavy atom. The topological polar surface area (TPSA) is 44.0 Å². The smallest absolute Gasteiger partial charge is 0.289 e. The molecule has 3 rings (SSSR count). The molecule has 0 spiro atoms. The lowest BCUT2D eigenvalue weighted by Crippen LogP contribution is -2.39. The fourth-order valence-electron chi connectivity index (χ4n) is 2.60.